The van der Waals surface area contributed by atoms with E-state index >= 15 is 0 Å². The lowest BCUT2D eigenvalue weighted by Crippen LogP contribution is -2.55. The molecule has 40 heavy (non-hydrogen) atoms. The molecule has 0 unspecified atom stereocenters. The lowest BCUT2D eigenvalue weighted by Gasteiger charge is -2.31. The number of nitrogens with one attached hydrogen (secondary N) is 4. The van der Waals surface area contributed by atoms with E-state index in [9.17, 15) is 14.4 Å². The molecule has 3 amide bonds. The zero-order valence-corrected chi connectivity index (χ0v) is 23.6. The molecule has 1 saturated heterocycles. The third-order valence-corrected chi connectivity index (χ3v) is 7.63. The Kier molecular flexibility index (Phi) is 7.31. The average molecular weight is 544 g/mol. The second-order valence-electron chi connectivity index (χ2n) is 11.9. The van der Waals surface area contributed by atoms with Gasteiger partial charge < -0.3 is 30.2 Å². The van der Waals surface area contributed by atoms with Gasteiger partial charge in [0.2, 0.25) is 5.91 Å². The highest BCUT2D eigenvalue weighted by molar-refractivity contribution is 6.01. The summed E-state index contributed by atoms with van der Waals surface area (Å²) in [6.07, 6.45) is 0.779. The third-order valence-electron chi connectivity index (χ3n) is 7.63. The maximum absolute atomic E-state index is 13.5. The van der Waals surface area contributed by atoms with Crippen LogP contribution in [0.15, 0.2) is 54.6 Å². The van der Waals surface area contributed by atoms with Crippen LogP contribution in [-0.4, -0.2) is 64.9 Å². The molecule has 1 aliphatic rings. The predicted octanol–water partition coefficient (Wildman–Crippen LogP) is 4.47. The Morgan fingerprint density at radius 2 is 1.70 bits per heavy atom. The van der Waals surface area contributed by atoms with Crippen LogP contribution in [0.5, 0.6) is 5.75 Å². The molecule has 2 aromatic carbocycles. The van der Waals surface area contributed by atoms with E-state index in [1.54, 1.807) is 13.2 Å². The van der Waals surface area contributed by atoms with Crippen LogP contribution < -0.4 is 15.4 Å². The van der Waals surface area contributed by atoms with Gasteiger partial charge >= 0.3 is 0 Å². The summed E-state index contributed by atoms with van der Waals surface area (Å²) in [6.45, 7) is 8.77. The fraction of sp³-hybridized carbons (Fsp3) is 0.387. The number of carbonyl (C=O) groups is 3. The zero-order valence-electron chi connectivity index (χ0n) is 23.6. The van der Waals surface area contributed by atoms with Crippen LogP contribution in [0.3, 0.4) is 0 Å². The summed E-state index contributed by atoms with van der Waals surface area (Å²) in [5.41, 5.74) is 2.10. The highest BCUT2D eigenvalue weighted by Crippen LogP contribution is 2.27. The molecule has 0 spiro atoms. The monoisotopic (exact) mass is 543 g/mol. The van der Waals surface area contributed by atoms with Gasteiger partial charge in [0, 0.05) is 40.9 Å². The molecule has 0 bridgehead atoms. The summed E-state index contributed by atoms with van der Waals surface area (Å²) < 4.78 is 5.31. The standard InChI is InChI=1S/C31H37N5O4/c1-18-12-21(36(17-18)30(39)26-15-20-13-22(40-5)10-11-24(20)34-26)16-32-29(38)27(31(2,3)4)35-28(37)25-14-19-8-6-7-9-23(19)33-25/h6-11,13-15,18,21,27,33-34H,12,16-17H2,1-5H3,(H,32,38)(H,35,37)/t18-,21-,27+/m0/s1. The van der Waals surface area contributed by atoms with E-state index in [0.717, 1.165) is 34.0 Å². The van der Waals surface area contributed by atoms with Crippen molar-refractivity contribution in [2.75, 3.05) is 20.2 Å². The van der Waals surface area contributed by atoms with Crippen LogP contribution >= 0.6 is 0 Å². The number of ether oxygens (including phenoxy) is 1. The van der Waals surface area contributed by atoms with E-state index < -0.39 is 11.5 Å². The molecule has 5 rings (SSSR count). The van der Waals surface area contributed by atoms with Gasteiger partial charge in [0.25, 0.3) is 11.8 Å². The molecule has 4 N–H and O–H groups in total. The fourth-order valence-electron chi connectivity index (χ4n) is 5.50. The van der Waals surface area contributed by atoms with Crippen molar-refractivity contribution in [3.63, 3.8) is 0 Å². The van der Waals surface area contributed by atoms with Crippen molar-refractivity contribution in [2.24, 2.45) is 11.3 Å². The van der Waals surface area contributed by atoms with E-state index in [-0.39, 0.29) is 23.8 Å². The summed E-state index contributed by atoms with van der Waals surface area (Å²) in [6, 6.07) is 16.0. The number of hydrogen-bond acceptors (Lipinski definition) is 4. The first kappa shape index (κ1) is 27.3. The SMILES string of the molecule is COc1ccc2[nH]c(C(=O)N3C[C@@H](C)C[C@H]3CNC(=O)[C@@H](NC(=O)c3cc4ccccc4[nH]3)C(C)(C)C)cc2c1. The molecule has 1 fully saturated rings. The third kappa shape index (κ3) is 5.54. The first-order valence-corrected chi connectivity index (χ1v) is 13.7. The highest BCUT2D eigenvalue weighted by Gasteiger charge is 2.37. The highest BCUT2D eigenvalue weighted by atomic mass is 16.5. The second-order valence-corrected chi connectivity index (χ2v) is 11.9. The van der Waals surface area contributed by atoms with Crippen molar-refractivity contribution in [3.05, 3.63) is 66.0 Å². The van der Waals surface area contributed by atoms with Crippen molar-refractivity contribution in [1.82, 2.24) is 25.5 Å². The zero-order chi connectivity index (χ0) is 28.6. The molecule has 0 saturated carbocycles. The van der Waals surface area contributed by atoms with Crippen molar-refractivity contribution in [2.45, 2.75) is 46.2 Å². The molecular weight excluding hydrogens is 506 g/mol. The first-order chi connectivity index (χ1) is 19.0. The lowest BCUT2D eigenvalue weighted by atomic mass is 9.86. The summed E-state index contributed by atoms with van der Waals surface area (Å²) in [5, 5.41) is 7.78. The van der Waals surface area contributed by atoms with Gasteiger partial charge in [-0.2, -0.15) is 0 Å². The summed E-state index contributed by atoms with van der Waals surface area (Å²) in [5.74, 6) is 0.314. The summed E-state index contributed by atoms with van der Waals surface area (Å²) in [7, 11) is 1.61. The van der Waals surface area contributed by atoms with Gasteiger partial charge in [-0.25, -0.2) is 0 Å². The molecule has 9 nitrogen and oxygen atoms in total. The lowest BCUT2D eigenvalue weighted by molar-refractivity contribution is -0.125. The van der Waals surface area contributed by atoms with Crippen LogP contribution in [-0.2, 0) is 4.79 Å². The Bertz CT molecular complexity index is 1530. The Balaban J connectivity index is 1.27. The van der Waals surface area contributed by atoms with Gasteiger partial charge in [-0.3, -0.25) is 14.4 Å². The number of methoxy groups -OCH3 is 1. The molecule has 9 heteroatoms. The minimum atomic E-state index is -0.766. The van der Waals surface area contributed by atoms with E-state index in [1.807, 2.05) is 74.2 Å². The van der Waals surface area contributed by atoms with Crippen LogP contribution in [0.2, 0.25) is 0 Å². The summed E-state index contributed by atoms with van der Waals surface area (Å²) in [4.78, 5) is 48.3. The van der Waals surface area contributed by atoms with E-state index in [2.05, 4.69) is 27.5 Å². The number of aromatic amines is 2. The molecule has 0 radical (unpaired) electrons. The minimum absolute atomic E-state index is 0.0988. The molecular formula is C31H37N5O4. The van der Waals surface area contributed by atoms with Crippen molar-refractivity contribution in [3.8, 4) is 5.75 Å². The summed E-state index contributed by atoms with van der Waals surface area (Å²) >= 11 is 0. The molecule has 3 atom stereocenters. The van der Waals surface area contributed by atoms with Gasteiger partial charge in [0.1, 0.15) is 23.2 Å². The van der Waals surface area contributed by atoms with Gasteiger partial charge in [-0.1, -0.05) is 45.9 Å². The van der Waals surface area contributed by atoms with Crippen LogP contribution in [0.1, 0.15) is 55.1 Å². The van der Waals surface area contributed by atoms with Crippen molar-refractivity contribution in [1.29, 1.82) is 0 Å². The number of nitrogens with zero attached hydrogens (tertiary/aromatic N) is 1. The Morgan fingerprint density at radius 3 is 2.42 bits per heavy atom. The Morgan fingerprint density at radius 1 is 1.00 bits per heavy atom. The Hall–Kier alpha value is -4.27. The molecule has 1 aliphatic heterocycles. The number of carbonyl (C=O) groups excluding carboxylic acids is 3. The Labute approximate surface area is 233 Å². The molecule has 210 valence electrons. The maximum Gasteiger partial charge on any atom is 0.270 e. The molecule has 3 heterocycles. The number of likely N-dealkylation sites (tertiary alicyclic amines) is 1. The van der Waals surface area contributed by atoms with E-state index in [0.29, 0.717) is 30.4 Å². The van der Waals surface area contributed by atoms with Crippen LogP contribution in [0.4, 0.5) is 0 Å². The van der Waals surface area contributed by atoms with E-state index in [4.69, 9.17) is 4.74 Å². The van der Waals surface area contributed by atoms with Crippen LogP contribution in [0, 0.1) is 11.3 Å². The number of benzene rings is 2. The number of H-pyrrole nitrogens is 2. The molecule has 2 aromatic heterocycles. The first-order valence-electron chi connectivity index (χ1n) is 13.7. The number of para-hydroxylation sites is 1. The molecule has 0 aliphatic carbocycles. The second kappa shape index (κ2) is 10.7. The van der Waals surface area contributed by atoms with Crippen molar-refractivity contribution < 1.29 is 19.1 Å². The topological polar surface area (TPSA) is 119 Å². The largest absolute Gasteiger partial charge is 0.497 e. The molecule has 4 aromatic rings. The normalized spacial score (nSPS) is 18.2. The van der Waals surface area contributed by atoms with Gasteiger partial charge in [-0.15, -0.1) is 0 Å². The number of aromatic nitrogens is 2. The smallest absolute Gasteiger partial charge is 0.270 e. The van der Waals surface area contributed by atoms with Gasteiger partial charge in [-0.05, 0) is 54.2 Å². The van der Waals surface area contributed by atoms with Gasteiger partial charge in [0.05, 0.1) is 7.11 Å². The van der Waals surface area contributed by atoms with Gasteiger partial charge in [0.15, 0.2) is 0 Å². The number of hydrogen-bond donors (Lipinski definition) is 4. The van der Waals surface area contributed by atoms with Crippen molar-refractivity contribution >= 4 is 39.5 Å². The minimum Gasteiger partial charge on any atom is -0.497 e. The van der Waals surface area contributed by atoms with Crippen LogP contribution in [0.25, 0.3) is 21.8 Å². The maximum atomic E-state index is 13.5. The number of rotatable bonds is 7. The predicted molar refractivity (Wildman–Crippen MR) is 155 cm³/mol. The quantitative estimate of drug-likeness (QED) is 0.275. The number of amides is 3. The fourth-order valence-corrected chi connectivity index (χ4v) is 5.50. The van der Waals surface area contributed by atoms with E-state index in [1.165, 1.54) is 0 Å². The average Bonchev–Trinajstić information content (AvgIpc) is 3.64. The number of fused-ring (bicyclic) bond motifs is 2.